The second kappa shape index (κ2) is 10.0. The maximum absolute atomic E-state index is 12.5. The zero-order valence-corrected chi connectivity index (χ0v) is 22.5. The van der Waals surface area contributed by atoms with Crippen molar-refractivity contribution in [2.45, 2.75) is 40.2 Å². The molecule has 1 aliphatic rings. The molecule has 0 aliphatic carbocycles. The summed E-state index contributed by atoms with van der Waals surface area (Å²) in [6, 6.07) is 13.2. The molecule has 0 unspecified atom stereocenters. The van der Waals surface area contributed by atoms with Crippen LogP contribution in [0.15, 0.2) is 40.9 Å². The van der Waals surface area contributed by atoms with Gasteiger partial charge in [-0.15, -0.1) is 0 Å². The molecule has 0 spiro atoms. The summed E-state index contributed by atoms with van der Waals surface area (Å²) < 4.78 is 41.2. The Labute approximate surface area is 207 Å². The van der Waals surface area contributed by atoms with Crippen LogP contribution < -0.4 is 7.67 Å². The van der Waals surface area contributed by atoms with Gasteiger partial charge in [-0.1, -0.05) is 0 Å². The molecule has 1 aromatic heterocycles. The molecule has 1 aliphatic heterocycles. The number of nitrogens with zero attached hydrogens (tertiary/aromatic N) is 3. The van der Waals surface area contributed by atoms with Gasteiger partial charge in [-0.3, -0.25) is 0 Å². The van der Waals surface area contributed by atoms with Crippen molar-refractivity contribution in [1.29, 1.82) is 5.26 Å². The number of rotatable bonds is 8. The van der Waals surface area contributed by atoms with Crippen LogP contribution in [0.2, 0.25) is 0 Å². The van der Waals surface area contributed by atoms with Crippen molar-refractivity contribution in [3.63, 3.8) is 0 Å². The second-order valence-electron chi connectivity index (χ2n) is 8.73. The third-order valence-electron chi connectivity index (χ3n) is 5.04. The predicted octanol–water partition coefficient (Wildman–Crippen LogP) is 4.78. The van der Waals surface area contributed by atoms with Gasteiger partial charge in [0.1, 0.15) is 0 Å². The zero-order valence-electron chi connectivity index (χ0n) is 19.5. The van der Waals surface area contributed by atoms with Crippen LogP contribution in [-0.2, 0) is 16.4 Å². The number of hydrogen-bond donors (Lipinski definition) is 1. The standard InChI is InChI=1S/C24H27IN4O4S/c1-15(2)14-34(30,31)29-25-11-10-19-20(6-5-7-21(19)25)23-27-24(33-28-23)17-8-9-22(32-16(3)4)18(12-17)13-26/h5-9,12,15-16,29H,10-11,14H2,1-4H3. The van der Waals surface area contributed by atoms with Crippen molar-refractivity contribution in [2.75, 3.05) is 10.2 Å². The van der Waals surface area contributed by atoms with E-state index in [4.69, 9.17) is 9.26 Å². The normalized spacial score (nSPS) is 14.4. The van der Waals surface area contributed by atoms with Crippen LogP contribution in [0.1, 0.15) is 38.8 Å². The minimum absolute atomic E-state index is 0.0455. The number of nitrogens with one attached hydrogen (secondary N) is 1. The first kappa shape index (κ1) is 24.6. The van der Waals surface area contributed by atoms with E-state index in [2.05, 4.69) is 19.1 Å². The SMILES string of the molecule is CC(C)CS(=O)(=O)NI1CCc2c(-c3noc(-c4ccc(OC(C)C)c(C#N)c4)n3)cccc21. The Kier molecular flexibility index (Phi) is 7.25. The van der Waals surface area contributed by atoms with E-state index in [1.54, 1.807) is 18.2 Å². The summed E-state index contributed by atoms with van der Waals surface area (Å²) in [7, 11) is -3.30. The quantitative estimate of drug-likeness (QED) is 0.227. The Morgan fingerprint density at radius 1 is 1.24 bits per heavy atom. The molecule has 1 N–H and O–H groups in total. The van der Waals surface area contributed by atoms with Gasteiger partial charge in [0, 0.05) is 0 Å². The van der Waals surface area contributed by atoms with Gasteiger partial charge in [0.05, 0.1) is 0 Å². The fraction of sp³-hybridized carbons (Fsp3) is 0.375. The van der Waals surface area contributed by atoms with E-state index in [1.807, 2.05) is 45.9 Å². The molecule has 10 heteroatoms. The van der Waals surface area contributed by atoms with Crippen LogP contribution in [0.5, 0.6) is 5.75 Å². The van der Waals surface area contributed by atoms with E-state index < -0.39 is 30.1 Å². The fourth-order valence-corrected chi connectivity index (χ4v) is 13.2. The summed E-state index contributed by atoms with van der Waals surface area (Å²) in [6.45, 7) is 7.62. The number of hydrogen-bond acceptors (Lipinski definition) is 7. The molecule has 0 saturated heterocycles. The van der Waals surface area contributed by atoms with Gasteiger partial charge >= 0.3 is 194 Å². The van der Waals surface area contributed by atoms with E-state index in [9.17, 15) is 13.7 Å². The molecule has 0 atom stereocenters. The van der Waals surface area contributed by atoms with Crippen LogP contribution in [-0.4, -0.2) is 34.8 Å². The van der Waals surface area contributed by atoms with Gasteiger partial charge in [-0.05, 0) is 13.8 Å². The van der Waals surface area contributed by atoms with Gasteiger partial charge in [0.2, 0.25) is 0 Å². The Hall–Kier alpha value is -2.49. The van der Waals surface area contributed by atoms with Gasteiger partial charge < -0.3 is 0 Å². The summed E-state index contributed by atoms with van der Waals surface area (Å²) in [6.07, 6.45) is 0.736. The summed E-state index contributed by atoms with van der Waals surface area (Å²) in [5, 5.41) is 13.7. The Balaban J connectivity index is 1.61. The van der Waals surface area contributed by atoms with E-state index in [0.717, 1.165) is 25.5 Å². The van der Waals surface area contributed by atoms with E-state index in [0.29, 0.717) is 28.6 Å². The van der Waals surface area contributed by atoms with E-state index in [-0.39, 0.29) is 17.8 Å². The van der Waals surface area contributed by atoms with Gasteiger partial charge in [0.15, 0.2) is 0 Å². The van der Waals surface area contributed by atoms with Crippen LogP contribution in [0.25, 0.3) is 22.8 Å². The number of aromatic nitrogens is 2. The van der Waals surface area contributed by atoms with Crippen molar-refractivity contribution >= 4 is 30.1 Å². The van der Waals surface area contributed by atoms with Crippen LogP contribution in [0.3, 0.4) is 0 Å². The van der Waals surface area contributed by atoms with Crippen molar-refractivity contribution in [3.05, 3.63) is 51.1 Å². The van der Waals surface area contributed by atoms with Gasteiger partial charge in [-0.25, -0.2) is 0 Å². The molecule has 2 aromatic carbocycles. The molecule has 34 heavy (non-hydrogen) atoms. The molecule has 0 saturated carbocycles. The number of alkyl halides is 1. The fourth-order valence-electron chi connectivity index (χ4n) is 3.78. The zero-order chi connectivity index (χ0) is 24.5. The average Bonchev–Trinajstić information content (AvgIpc) is 3.40. The monoisotopic (exact) mass is 594 g/mol. The van der Waals surface area contributed by atoms with Gasteiger partial charge in [-0.2, -0.15) is 0 Å². The summed E-state index contributed by atoms with van der Waals surface area (Å²) in [5.41, 5.74) is 2.98. The molecule has 8 nitrogen and oxygen atoms in total. The maximum atomic E-state index is 12.5. The van der Waals surface area contributed by atoms with Gasteiger partial charge in [0.25, 0.3) is 0 Å². The molecular weight excluding hydrogens is 567 g/mol. The molecule has 0 bridgehead atoms. The number of nitriles is 1. The average molecular weight is 594 g/mol. The number of sulfonamides is 1. The third-order valence-corrected chi connectivity index (χ3v) is 14.2. The van der Waals surface area contributed by atoms with Crippen LogP contribution in [0, 0.1) is 20.8 Å². The summed E-state index contributed by atoms with van der Waals surface area (Å²) >= 11 is -2.08. The second-order valence-corrected chi connectivity index (χ2v) is 16.1. The van der Waals surface area contributed by atoms with Crippen molar-refractivity contribution in [1.82, 2.24) is 13.1 Å². The predicted molar refractivity (Wildman–Crippen MR) is 139 cm³/mol. The van der Waals surface area contributed by atoms with Crippen molar-refractivity contribution in [3.8, 4) is 34.7 Å². The summed E-state index contributed by atoms with van der Waals surface area (Å²) in [5.74, 6) is 1.49. The number of ether oxygens (including phenoxy) is 1. The molecule has 0 amide bonds. The molecule has 4 rings (SSSR count). The van der Waals surface area contributed by atoms with Crippen molar-refractivity contribution < 1.29 is 17.7 Å². The molecule has 180 valence electrons. The first-order valence-electron chi connectivity index (χ1n) is 11.0. The number of benzene rings is 2. The summed E-state index contributed by atoms with van der Waals surface area (Å²) in [4.78, 5) is 4.58. The minimum atomic E-state index is -3.30. The number of fused-ring (bicyclic) bond motifs is 1. The molecule has 2 heterocycles. The molecule has 3 aromatic rings. The van der Waals surface area contributed by atoms with Crippen LogP contribution in [0.4, 0.5) is 0 Å². The topological polar surface area (TPSA) is 118 Å². The van der Waals surface area contributed by atoms with E-state index in [1.165, 1.54) is 0 Å². The molecule has 0 radical (unpaired) electrons. The Morgan fingerprint density at radius 2 is 2.03 bits per heavy atom. The first-order chi connectivity index (χ1) is 16.2. The number of halogens is 1. The van der Waals surface area contributed by atoms with Crippen LogP contribution >= 0.6 is 20.1 Å². The Morgan fingerprint density at radius 3 is 2.74 bits per heavy atom. The molecule has 0 fully saturated rings. The van der Waals surface area contributed by atoms with Crippen molar-refractivity contribution in [2.24, 2.45) is 5.92 Å². The van der Waals surface area contributed by atoms with E-state index >= 15 is 0 Å². The third kappa shape index (κ3) is 5.42. The first-order valence-corrected chi connectivity index (χ1v) is 16.3. The molecular formula is C24H27IN4O4S. The Bertz CT molecular complexity index is 1350.